The predicted octanol–water partition coefficient (Wildman–Crippen LogP) is 1.92. The maximum absolute atomic E-state index is 13.0. The number of carbonyl (C=O) groups is 1. The molecule has 6 nitrogen and oxygen atoms in total. The van der Waals surface area contributed by atoms with Crippen LogP contribution in [-0.4, -0.2) is 36.3 Å². The Labute approximate surface area is 130 Å². The standard InChI is InChI=1S/C13H12FN3O3S2/c1-8-3-2-4-9(5-8)12-15-16-13(21-12)17-7-10(6-11(17)18)22(14,19)20/h2-5,10H,6-7H2,1H3. The van der Waals surface area contributed by atoms with Crippen LogP contribution >= 0.6 is 11.3 Å². The van der Waals surface area contributed by atoms with Crippen LogP contribution in [0, 0.1) is 6.92 Å². The minimum Gasteiger partial charge on any atom is -0.285 e. The highest BCUT2D eigenvalue weighted by Crippen LogP contribution is 2.32. The summed E-state index contributed by atoms with van der Waals surface area (Å²) in [6.07, 6.45) is -0.363. The largest absolute Gasteiger partial charge is 0.307 e. The minimum atomic E-state index is -4.73. The lowest BCUT2D eigenvalue weighted by Crippen LogP contribution is -2.26. The van der Waals surface area contributed by atoms with Crippen LogP contribution in [-0.2, 0) is 15.0 Å². The number of halogens is 1. The second kappa shape index (κ2) is 5.40. The Balaban J connectivity index is 1.87. The number of amides is 1. The SMILES string of the molecule is Cc1cccc(-c2nnc(N3CC(S(=O)(=O)F)CC3=O)s2)c1. The number of aryl methyl sites for hydroxylation is 1. The van der Waals surface area contributed by atoms with Gasteiger partial charge in [-0.05, 0) is 13.0 Å². The van der Waals surface area contributed by atoms with E-state index in [4.69, 9.17) is 0 Å². The molecule has 1 saturated heterocycles. The van der Waals surface area contributed by atoms with Gasteiger partial charge in [0.15, 0.2) is 0 Å². The highest BCUT2D eigenvalue weighted by atomic mass is 32.3. The van der Waals surface area contributed by atoms with Crippen LogP contribution < -0.4 is 4.90 Å². The van der Waals surface area contributed by atoms with Gasteiger partial charge >= 0.3 is 10.2 Å². The number of carbonyl (C=O) groups excluding carboxylic acids is 1. The lowest BCUT2D eigenvalue weighted by molar-refractivity contribution is -0.117. The summed E-state index contributed by atoms with van der Waals surface area (Å²) in [5.41, 5.74) is 1.93. The number of hydrogen-bond acceptors (Lipinski definition) is 6. The zero-order valence-corrected chi connectivity index (χ0v) is 13.2. The van der Waals surface area contributed by atoms with Crippen molar-refractivity contribution in [2.24, 2.45) is 0 Å². The van der Waals surface area contributed by atoms with E-state index in [1.807, 2.05) is 31.2 Å². The monoisotopic (exact) mass is 341 g/mol. The Morgan fingerprint density at radius 1 is 1.36 bits per heavy atom. The van der Waals surface area contributed by atoms with Crippen molar-refractivity contribution in [3.05, 3.63) is 29.8 Å². The molecule has 1 aliphatic rings. The molecule has 1 aromatic carbocycles. The molecule has 0 radical (unpaired) electrons. The first-order valence-corrected chi connectivity index (χ1v) is 8.75. The second-order valence-electron chi connectivity index (χ2n) is 5.07. The summed E-state index contributed by atoms with van der Waals surface area (Å²) < 4.78 is 34.9. The Hall–Kier alpha value is -1.87. The molecule has 1 aliphatic heterocycles. The molecule has 0 N–H and O–H groups in total. The smallest absolute Gasteiger partial charge is 0.285 e. The topological polar surface area (TPSA) is 80.2 Å². The van der Waals surface area contributed by atoms with Gasteiger partial charge in [0, 0.05) is 18.5 Å². The fourth-order valence-electron chi connectivity index (χ4n) is 2.27. The summed E-state index contributed by atoms with van der Waals surface area (Å²) >= 11 is 1.17. The third-order valence-electron chi connectivity index (χ3n) is 3.40. The normalized spacial score (nSPS) is 18.9. The first-order valence-electron chi connectivity index (χ1n) is 6.49. The summed E-state index contributed by atoms with van der Waals surface area (Å²) in [4.78, 5) is 13.0. The number of hydrogen-bond donors (Lipinski definition) is 0. The maximum Gasteiger partial charge on any atom is 0.307 e. The molecule has 116 valence electrons. The van der Waals surface area contributed by atoms with Gasteiger partial charge < -0.3 is 0 Å². The Kier molecular flexibility index (Phi) is 3.69. The highest BCUT2D eigenvalue weighted by molar-refractivity contribution is 7.87. The van der Waals surface area contributed by atoms with Crippen LogP contribution in [0.5, 0.6) is 0 Å². The van der Waals surface area contributed by atoms with Gasteiger partial charge in [-0.15, -0.1) is 14.1 Å². The number of aromatic nitrogens is 2. The Bertz CT molecular complexity index is 835. The van der Waals surface area contributed by atoms with E-state index < -0.39 is 21.4 Å². The van der Waals surface area contributed by atoms with Crippen molar-refractivity contribution in [3.63, 3.8) is 0 Å². The maximum atomic E-state index is 13.0. The van der Waals surface area contributed by atoms with Gasteiger partial charge in [-0.3, -0.25) is 9.69 Å². The van der Waals surface area contributed by atoms with Crippen LogP contribution in [0.15, 0.2) is 24.3 Å². The molecule has 1 aromatic heterocycles. The van der Waals surface area contributed by atoms with Crippen LogP contribution in [0.4, 0.5) is 9.02 Å². The van der Waals surface area contributed by atoms with Gasteiger partial charge in [-0.2, -0.15) is 8.42 Å². The van der Waals surface area contributed by atoms with E-state index in [0.717, 1.165) is 11.1 Å². The highest BCUT2D eigenvalue weighted by Gasteiger charge is 2.40. The summed E-state index contributed by atoms with van der Waals surface area (Å²) in [6, 6.07) is 7.65. The average Bonchev–Trinajstić information content (AvgIpc) is 3.04. The third-order valence-corrected chi connectivity index (χ3v) is 5.51. The first kappa shape index (κ1) is 15.0. The van der Waals surface area contributed by atoms with Gasteiger partial charge in [0.2, 0.25) is 11.0 Å². The number of benzene rings is 1. The summed E-state index contributed by atoms with van der Waals surface area (Å²) in [7, 11) is -4.73. The van der Waals surface area contributed by atoms with Crippen molar-refractivity contribution < 1.29 is 17.1 Å². The van der Waals surface area contributed by atoms with E-state index in [1.165, 1.54) is 16.2 Å². The lowest BCUT2D eigenvalue weighted by Gasteiger charge is -2.10. The molecule has 1 unspecified atom stereocenters. The van der Waals surface area contributed by atoms with E-state index in [2.05, 4.69) is 10.2 Å². The number of nitrogens with zero attached hydrogens (tertiary/aromatic N) is 3. The molecule has 0 aliphatic carbocycles. The molecule has 1 atom stereocenters. The number of anilines is 1. The van der Waals surface area contributed by atoms with Gasteiger partial charge in [-0.25, -0.2) is 0 Å². The molecular weight excluding hydrogens is 329 g/mol. The van der Waals surface area contributed by atoms with Crippen LogP contribution in [0.3, 0.4) is 0 Å². The van der Waals surface area contributed by atoms with Crippen LogP contribution in [0.2, 0.25) is 0 Å². The van der Waals surface area contributed by atoms with Crippen LogP contribution in [0.25, 0.3) is 10.6 Å². The molecule has 3 rings (SSSR count). The molecular formula is C13H12FN3O3S2. The van der Waals surface area contributed by atoms with Crippen molar-refractivity contribution in [2.45, 2.75) is 18.6 Å². The molecule has 0 saturated carbocycles. The van der Waals surface area contributed by atoms with Gasteiger partial charge in [0.25, 0.3) is 0 Å². The van der Waals surface area contributed by atoms with E-state index >= 15 is 0 Å². The van der Waals surface area contributed by atoms with Crippen molar-refractivity contribution in [1.29, 1.82) is 0 Å². The van der Waals surface area contributed by atoms with E-state index in [1.54, 1.807) is 0 Å². The molecule has 0 spiro atoms. The summed E-state index contributed by atoms with van der Waals surface area (Å²) in [6.45, 7) is 1.73. The van der Waals surface area contributed by atoms with Crippen LogP contribution in [0.1, 0.15) is 12.0 Å². The minimum absolute atomic E-state index is 0.222. The first-order chi connectivity index (χ1) is 10.3. The van der Waals surface area contributed by atoms with Gasteiger partial charge in [0.1, 0.15) is 10.3 Å². The second-order valence-corrected chi connectivity index (χ2v) is 7.64. The summed E-state index contributed by atoms with van der Waals surface area (Å²) in [5.74, 6) is -0.460. The van der Waals surface area contributed by atoms with E-state index in [0.29, 0.717) is 5.01 Å². The molecule has 2 aromatic rings. The van der Waals surface area contributed by atoms with Crippen molar-refractivity contribution in [2.75, 3.05) is 11.4 Å². The molecule has 9 heteroatoms. The summed E-state index contributed by atoms with van der Waals surface area (Å²) in [5, 5.41) is 7.53. The molecule has 2 heterocycles. The van der Waals surface area contributed by atoms with Gasteiger partial charge in [0.05, 0.1) is 0 Å². The predicted molar refractivity (Wildman–Crippen MR) is 80.9 cm³/mol. The molecule has 1 amide bonds. The Morgan fingerprint density at radius 2 is 2.14 bits per heavy atom. The Morgan fingerprint density at radius 3 is 2.77 bits per heavy atom. The fourth-order valence-corrected chi connectivity index (χ4v) is 3.80. The molecule has 1 fully saturated rings. The molecule has 22 heavy (non-hydrogen) atoms. The third kappa shape index (κ3) is 2.86. The zero-order valence-electron chi connectivity index (χ0n) is 11.6. The van der Waals surface area contributed by atoms with E-state index in [-0.39, 0.29) is 18.1 Å². The van der Waals surface area contributed by atoms with Crippen molar-refractivity contribution in [3.8, 4) is 10.6 Å². The van der Waals surface area contributed by atoms with Crippen molar-refractivity contribution >= 4 is 32.6 Å². The quantitative estimate of drug-likeness (QED) is 0.797. The molecule has 0 bridgehead atoms. The zero-order chi connectivity index (χ0) is 15.9. The fraction of sp³-hybridized carbons (Fsp3) is 0.308. The number of rotatable bonds is 3. The lowest BCUT2D eigenvalue weighted by atomic mass is 10.1. The van der Waals surface area contributed by atoms with Gasteiger partial charge in [-0.1, -0.05) is 35.1 Å². The van der Waals surface area contributed by atoms with Crippen molar-refractivity contribution in [1.82, 2.24) is 10.2 Å². The average molecular weight is 341 g/mol. The van der Waals surface area contributed by atoms with E-state index in [9.17, 15) is 17.1 Å².